The van der Waals surface area contributed by atoms with Gasteiger partial charge in [-0.25, -0.2) is 0 Å². The highest BCUT2D eigenvalue weighted by Gasteiger charge is 2.37. The van der Waals surface area contributed by atoms with Crippen LogP contribution in [0.5, 0.6) is 0 Å². The lowest BCUT2D eigenvalue weighted by Gasteiger charge is -2.35. The van der Waals surface area contributed by atoms with Crippen LogP contribution in [0, 0.1) is 0 Å². The Hall–Kier alpha value is -1.76. The van der Waals surface area contributed by atoms with Crippen LogP contribution in [0.3, 0.4) is 0 Å². The molecule has 0 spiro atoms. The molecule has 5 rings (SSSR count). The molecule has 3 unspecified atom stereocenters. The maximum Gasteiger partial charge on any atom is 0.243 e. The summed E-state index contributed by atoms with van der Waals surface area (Å²) in [5.74, 6) is -0.275. The minimum Gasteiger partial charge on any atom is -0.314 e. The zero-order chi connectivity index (χ0) is 17.7. The summed E-state index contributed by atoms with van der Waals surface area (Å²) in [6.45, 7) is 4.88. The first-order valence-electron chi connectivity index (χ1n) is 9.82. The van der Waals surface area contributed by atoms with Crippen LogP contribution in [0.4, 0.5) is 0 Å². The number of carbonyl (C=O) groups excluding carboxylic acids is 2. The second-order valence-corrected chi connectivity index (χ2v) is 8.19. The molecule has 4 heterocycles. The van der Waals surface area contributed by atoms with Gasteiger partial charge in [0.15, 0.2) is 0 Å². The lowest BCUT2D eigenvalue weighted by molar-refractivity contribution is -0.137. The van der Waals surface area contributed by atoms with E-state index in [-0.39, 0.29) is 17.9 Å². The third-order valence-electron chi connectivity index (χ3n) is 6.56. The first kappa shape index (κ1) is 16.4. The topological polar surface area (TPSA) is 64.7 Å². The van der Waals surface area contributed by atoms with Crippen molar-refractivity contribution in [3.8, 4) is 0 Å². The van der Waals surface area contributed by atoms with Crippen LogP contribution in [-0.2, 0) is 29.2 Å². The van der Waals surface area contributed by atoms with E-state index in [2.05, 4.69) is 38.6 Å². The number of hydrogen-bond acceptors (Lipinski definition) is 5. The molecule has 4 aliphatic heterocycles. The maximum absolute atomic E-state index is 12.2. The summed E-state index contributed by atoms with van der Waals surface area (Å²) in [7, 11) is 0. The number of rotatable bonds is 3. The molecule has 2 bridgehead atoms. The van der Waals surface area contributed by atoms with Crippen molar-refractivity contribution in [3.63, 3.8) is 0 Å². The van der Waals surface area contributed by atoms with Crippen LogP contribution >= 0.6 is 0 Å². The molecule has 3 saturated heterocycles. The minimum atomic E-state index is -0.174. The molecule has 0 radical (unpaired) electrons. The fraction of sp³-hybridized carbons (Fsp3) is 0.600. The molecule has 2 N–H and O–H groups in total. The monoisotopic (exact) mass is 354 g/mol. The average molecular weight is 354 g/mol. The number of nitrogens with one attached hydrogen (secondary N) is 2. The Kier molecular flexibility index (Phi) is 4.07. The summed E-state index contributed by atoms with van der Waals surface area (Å²) in [5, 5.41) is 6.03. The number of fused-ring (bicyclic) bond motifs is 3. The van der Waals surface area contributed by atoms with E-state index in [1.165, 1.54) is 29.5 Å². The Morgan fingerprint density at radius 2 is 1.77 bits per heavy atom. The molecule has 4 aliphatic rings. The second kappa shape index (κ2) is 6.44. The molecule has 1 aromatic carbocycles. The molecule has 2 amide bonds. The first-order valence-corrected chi connectivity index (χ1v) is 9.82. The highest BCUT2D eigenvalue weighted by Crippen LogP contribution is 2.31. The molecular weight excluding hydrogens is 328 g/mol. The summed E-state index contributed by atoms with van der Waals surface area (Å²) >= 11 is 0. The number of amides is 2. The fourth-order valence-electron chi connectivity index (χ4n) is 5.16. The number of piperidine rings is 1. The van der Waals surface area contributed by atoms with Crippen LogP contribution in [0.15, 0.2) is 18.2 Å². The zero-order valence-corrected chi connectivity index (χ0v) is 15.0. The van der Waals surface area contributed by atoms with Crippen molar-refractivity contribution in [1.82, 2.24) is 20.4 Å². The van der Waals surface area contributed by atoms with Gasteiger partial charge in [0.05, 0.1) is 6.04 Å². The summed E-state index contributed by atoms with van der Waals surface area (Å²) in [6.07, 6.45) is 3.70. The van der Waals surface area contributed by atoms with Crippen molar-refractivity contribution < 1.29 is 9.59 Å². The van der Waals surface area contributed by atoms with E-state index in [9.17, 15) is 9.59 Å². The van der Waals surface area contributed by atoms with Crippen molar-refractivity contribution in [2.75, 3.05) is 13.1 Å². The Bertz CT molecular complexity index is 733. The Balaban J connectivity index is 1.28. The van der Waals surface area contributed by atoms with Crippen LogP contribution in [0.25, 0.3) is 0 Å². The third-order valence-corrected chi connectivity index (χ3v) is 6.56. The first-order chi connectivity index (χ1) is 12.7. The molecule has 138 valence electrons. The molecule has 0 saturated carbocycles. The van der Waals surface area contributed by atoms with Gasteiger partial charge in [-0.05, 0) is 36.0 Å². The molecule has 1 aromatic rings. The number of hydrogen-bond donors (Lipinski definition) is 2. The number of piperazine rings is 1. The fourth-order valence-corrected chi connectivity index (χ4v) is 5.16. The molecule has 0 aliphatic carbocycles. The minimum absolute atomic E-state index is 0.133. The number of imide groups is 1. The Labute approximate surface area is 153 Å². The standard InChI is InChI=1S/C20H26N4O2/c25-19-6-5-18(20(26)22-19)23-11-14-2-1-13(7-15(14)12-23)10-24-16-3-4-17(24)9-21-8-16/h1-2,7,16-18,21H,3-6,8-12H2,(H,22,25,26). The van der Waals surface area contributed by atoms with Gasteiger partial charge >= 0.3 is 0 Å². The normalized spacial score (nSPS) is 31.9. The van der Waals surface area contributed by atoms with Gasteiger partial charge < -0.3 is 5.32 Å². The Morgan fingerprint density at radius 1 is 1.00 bits per heavy atom. The highest BCUT2D eigenvalue weighted by molar-refractivity contribution is 6.00. The smallest absolute Gasteiger partial charge is 0.243 e. The molecule has 26 heavy (non-hydrogen) atoms. The van der Waals surface area contributed by atoms with E-state index in [4.69, 9.17) is 0 Å². The van der Waals surface area contributed by atoms with Gasteiger partial charge in [0.25, 0.3) is 0 Å². The quantitative estimate of drug-likeness (QED) is 0.784. The lowest BCUT2D eigenvalue weighted by atomic mass is 10.0. The van der Waals surface area contributed by atoms with Gasteiger partial charge in [0.1, 0.15) is 0 Å². The van der Waals surface area contributed by atoms with E-state index in [0.717, 1.165) is 32.7 Å². The summed E-state index contributed by atoms with van der Waals surface area (Å²) in [4.78, 5) is 28.4. The van der Waals surface area contributed by atoms with Crippen molar-refractivity contribution in [1.29, 1.82) is 0 Å². The third kappa shape index (κ3) is 2.86. The molecule has 0 aromatic heterocycles. The second-order valence-electron chi connectivity index (χ2n) is 8.19. The van der Waals surface area contributed by atoms with Crippen molar-refractivity contribution >= 4 is 11.8 Å². The van der Waals surface area contributed by atoms with Crippen LogP contribution < -0.4 is 10.6 Å². The van der Waals surface area contributed by atoms with Gasteiger partial charge in [0.2, 0.25) is 11.8 Å². The van der Waals surface area contributed by atoms with Gasteiger partial charge in [-0.15, -0.1) is 0 Å². The highest BCUT2D eigenvalue weighted by atomic mass is 16.2. The average Bonchev–Trinajstić information content (AvgIpc) is 3.11. The summed E-state index contributed by atoms with van der Waals surface area (Å²) in [6, 6.07) is 8.02. The van der Waals surface area contributed by atoms with Crippen molar-refractivity contribution in [3.05, 3.63) is 34.9 Å². The molecule has 6 heteroatoms. The van der Waals surface area contributed by atoms with Gasteiger partial charge in [-0.1, -0.05) is 18.2 Å². The van der Waals surface area contributed by atoms with Crippen LogP contribution in [0.2, 0.25) is 0 Å². The van der Waals surface area contributed by atoms with Gasteiger partial charge in [-0.2, -0.15) is 0 Å². The number of benzene rings is 1. The predicted octanol–water partition coefficient (Wildman–Crippen LogP) is 0.744. The van der Waals surface area contributed by atoms with E-state index in [0.29, 0.717) is 24.9 Å². The van der Waals surface area contributed by atoms with Gasteiger partial charge in [-0.3, -0.25) is 24.7 Å². The van der Waals surface area contributed by atoms with Gasteiger partial charge in [0, 0.05) is 51.2 Å². The number of nitrogens with zero attached hydrogens (tertiary/aromatic N) is 2. The lowest BCUT2D eigenvalue weighted by Crippen LogP contribution is -2.51. The molecule has 6 nitrogen and oxygen atoms in total. The van der Waals surface area contributed by atoms with E-state index in [1.807, 2.05) is 0 Å². The molecule has 3 atom stereocenters. The molecular formula is C20H26N4O2. The zero-order valence-electron chi connectivity index (χ0n) is 15.0. The molecule has 3 fully saturated rings. The van der Waals surface area contributed by atoms with E-state index >= 15 is 0 Å². The Morgan fingerprint density at radius 3 is 2.54 bits per heavy atom. The summed E-state index contributed by atoms with van der Waals surface area (Å²) < 4.78 is 0. The number of carbonyl (C=O) groups is 2. The van der Waals surface area contributed by atoms with Crippen LogP contribution in [0.1, 0.15) is 42.4 Å². The maximum atomic E-state index is 12.2. The van der Waals surface area contributed by atoms with Crippen molar-refractivity contribution in [2.24, 2.45) is 0 Å². The predicted molar refractivity (Wildman–Crippen MR) is 97.1 cm³/mol. The largest absolute Gasteiger partial charge is 0.314 e. The van der Waals surface area contributed by atoms with E-state index in [1.54, 1.807) is 0 Å². The van der Waals surface area contributed by atoms with Crippen molar-refractivity contribution in [2.45, 2.75) is 63.4 Å². The van der Waals surface area contributed by atoms with Crippen LogP contribution in [-0.4, -0.2) is 52.8 Å². The summed E-state index contributed by atoms with van der Waals surface area (Å²) in [5.41, 5.74) is 4.05. The van der Waals surface area contributed by atoms with E-state index < -0.39 is 0 Å². The SMILES string of the molecule is O=C1CCC(N2Cc3ccc(CN4C5CCC4CNC5)cc3C2)C(=O)N1.